The topological polar surface area (TPSA) is 92.8 Å². The first-order valence-corrected chi connectivity index (χ1v) is 3.36. The Bertz CT molecular complexity index is 117. The largest absolute Gasteiger partial charge is 0.481 e. The summed E-state index contributed by atoms with van der Waals surface area (Å²) < 4.78 is 4.81. The van der Waals surface area contributed by atoms with E-state index in [1.54, 1.807) is 0 Å². The van der Waals surface area contributed by atoms with E-state index < -0.39 is 12.2 Å². The van der Waals surface area contributed by atoms with Gasteiger partial charge in [0, 0.05) is 6.42 Å². The summed E-state index contributed by atoms with van der Waals surface area (Å²) in [5.41, 5.74) is 5.31. The Kier molecular flexibility index (Phi) is 5.73. The normalized spacial score (nSPS) is 12.9. The van der Waals surface area contributed by atoms with Gasteiger partial charge in [-0.15, -0.1) is 0 Å². The minimum absolute atomic E-state index is 0.00735. The molecule has 0 aromatic heterocycles. The molecule has 1 unspecified atom stereocenters. The summed E-state index contributed by atoms with van der Waals surface area (Å²) in [6.07, 6.45) is -0.319. The standard InChI is InChI=1S/C6H13NO4/c7-5(11-4-3-8)1-2-6(9)10/h5,8H,1-4,7H2,(H,9,10). The first kappa shape index (κ1) is 10.3. The SMILES string of the molecule is NC(CCC(=O)O)OCCO. The van der Waals surface area contributed by atoms with E-state index in [4.69, 9.17) is 20.7 Å². The lowest BCUT2D eigenvalue weighted by Gasteiger charge is -2.09. The smallest absolute Gasteiger partial charge is 0.303 e. The second kappa shape index (κ2) is 6.09. The Labute approximate surface area is 64.8 Å². The fourth-order valence-electron chi connectivity index (χ4n) is 0.553. The molecule has 0 fully saturated rings. The quantitative estimate of drug-likeness (QED) is 0.443. The highest BCUT2D eigenvalue weighted by Crippen LogP contribution is 1.95. The van der Waals surface area contributed by atoms with Gasteiger partial charge in [-0.3, -0.25) is 4.79 Å². The van der Waals surface area contributed by atoms with Crippen LogP contribution in [0.15, 0.2) is 0 Å². The third-order valence-electron chi connectivity index (χ3n) is 1.07. The van der Waals surface area contributed by atoms with Crippen molar-refractivity contribution >= 4 is 5.97 Å². The molecule has 4 N–H and O–H groups in total. The van der Waals surface area contributed by atoms with Crippen LogP contribution in [0.25, 0.3) is 0 Å². The Morgan fingerprint density at radius 1 is 1.64 bits per heavy atom. The van der Waals surface area contributed by atoms with Crippen molar-refractivity contribution in [3.05, 3.63) is 0 Å². The molecule has 0 bridgehead atoms. The number of nitrogens with two attached hydrogens (primary N) is 1. The molecule has 0 aromatic carbocycles. The minimum Gasteiger partial charge on any atom is -0.481 e. The zero-order valence-electron chi connectivity index (χ0n) is 6.19. The summed E-state index contributed by atoms with van der Waals surface area (Å²) in [4.78, 5) is 10.0. The van der Waals surface area contributed by atoms with E-state index in [-0.39, 0.29) is 26.1 Å². The molecule has 0 amide bonds. The van der Waals surface area contributed by atoms with Gasteiger partial charge >= 0.3 is 5.97 Å². The number of aliphatic hydroxyl groups is 1. The van der Waals surface area contributed by atoms with E-state index in [0.717, 1.165) is 0 Å². The van der Waals surface area contributed by atoms with E-state index in [9.17, 15) is 4.79 Å². The Hall–Kier alpha value is -0.650. The number of aliphatic carboxylic acids is 1. The molecule has 0 rings (SSSR count). The van der Waals surface area contributed by atoms with Crippen LogP contribution in [0.3, 0.4) is 0 Å². The van der Waals surface area contributed by atoms with E-state index in [2.05, 4.69) is 0 Å². The molecule has 0 aliphatic carbocycles. The maximum atomic E-state index is 10.0. The molecule has 0 saturated heterocycles. The van der Waals surface area contributed by atoms with Crippen LogP contribution in [0.5, 0.6) is 0 Å². The number of carboxylic acid groups (broad SMARTS) is 1. The van der Waals surface area contributed by atoms with Crippen LogP contribution in [-0.2, 0) is 9.53 Å². The predicted octanol–water partition coefficient (Wildman–Crippen LogP) is -0.855. The van der Waals surface area contributed by atoms with Crippen molar-refractivity contribution < 1.29 is 19.7 Å². The maximum absolute atomic E-state index is 10.0. The second-order valence-electron chi connectivity index (χ2n) is 2.07. The third-order valence-corrected chi connectivity index (χ3v) is 1.07. The molecule has 11 heavy (non-hydrogen) atoms. The zero-order chi connectivity index (χ0) is 8.69. The molecule has 0 saturated carbocycles. The van der Waals surface area contributed by atoms with E-state index in [1.165, 1.54) is 0 Å². The van der Waals surface area contributed by atoms with Gasteiger partial charge < -0.3 is 20.7 Å². The molecule has 0 radical (unpaired) electrons. The van der Waals surface area contributed by atoms with Gasteiger partial charge in [0.1, 0.15) is 6.23 Å². The lowest BCUT2D eigenvalue weighted by atomic mass is 10.3. The van der Waals surface area contributed by atoms with E-state index in [1.807, 2.05) is 0 Å². The monoisotopic (exact) mass is 163 g/mol. The summed E-state index contributed by atoms with van der Waals surface area (Å²) in [7, 11) is 0. The minimum atomic E-state index is -0.895. The second-order valence-corrected chi connectivity index (χ2v) is 2.07. The van der Waals surface area contributed by atoms with Crippen LogP contribution in [0.4, 0.5) is 0 Å². The van der Waals surface area contributed by atoms with Crippen molar-refractivity contribution in [3.8, 4) is 0 Å². The number of hydrogen-bond donors (Lipinski definition) is 3. The van der Waals surface area contributed by atoms with Gasteiger partial charge in [-0.25, -0.2) is 0 Å². The summed E-state index contributed by atoms with van der Waals surface area (Å²) in [5, 5.41) is 16.5. The highest BCUT2D eigenvalue weighted by molar-refractivity contribution is 5.66. The molecule has 5 nitrogen and oxygen atoms in total. The Morgan fingerprint density at radius 3 is 2.73 bits per heavy atom. The van der Waals surface area contributed by atoms with Crippen molar-refractivity contribution in [1.82, 2.24) is 0 Å². The molecule has 1 atom stereocenters. The summed E-state index contributed by atoms with van der Waals surface area (Å²) in [6, 6.07) is 0. The summed E-state index contributed by atoms with van der Waals surface area (Å²) >= 11 is 0. The fraction of sp³-hybridized carbons (Fsp3) is 0.833. The van der Waals surface area contributed by atoms with Gasteiger partial charge in [-0.1, -0.05) is 0 Å². The highest BCUT2D eigenvalue weighted by Gasteiger charge is 2.04. The van der Waals surface area contributed by atoms with Gasteiger partial charge in [0.15, 0.2) is 0 Å². The van der Waals surface area contributed by atoms with Crippen molar-refractivity contribution in [2.75, 3.05) is 13.2 Å². The fourth-order valence-corrected chi connectivity index (χ4v) is 0.553. The van der Waals surface area contributed by atoms with Gasteiger partial charge in [0.25, 0.3) is 0 Å². The Balaban J connectivity index is 3.22. The number of hydrogen-bond acceptors (Lipinski definition) is 4. The number of carbonyl (C=O) groups is 1. The van der Waals surface area contributed by atoms with Crippen LogP contribution >= 0.6 is 0 Å². The summed E-state index contributed by atoms with van der Waals surface area (Å²) in [6.45, 7) is 0.0571. The lowest BCUT2D eigenvalue weighted by molar-refractivity contribution is -0.137. The summed E-state index contributed by atoms with van der Waals surface area (Å²) in [5.74, 6) is -0.895. The zero-order valence-corrected chi connectivity index (χ0v) is 6.19. The molecule has 0 heterocycles. The Morgan fingerprint density at radius 2 is 2.27 bits per heavy atom. The molecule has 66 valence electrons. The van der Waals surface area contributed by atoms with Crippen LogP contribution in [0, 0.1) is 0 Å². The first-order chi connectivity index (χ1) is 5.16. The van der Waals surface area contributed by atoms with E-state index in [0.29, 0.717) is 0 Å². The van der Waals surface area contributed by atoms with Gasteiger partial charge in [-0.2, -0.15) is 0 Å². The number of carboxylic acids is 1. The van der Waals surface area contributed by atoms with Gasteiger partial charge in [0.05, 0.1) is 13.2 Å². The third kappa shape index (κ3) is 7.24. The first-order valence-electron chi connectivity index (χ1n) is 3.36. The van der Waals surface area contributed by atoms with Crippen LogP contribution in [-0.4, -0.2) is 35.6 Å². The molecular weight excluding hydrogens is 150 g/mol. The number of ether oxygens (including phenoxy) is 1. The number of aliphatic hydroxyl groups excluding tert-OH is 1. The molecule has 0 spiro atoms. The maximum Gasteiger partial charge on any atom is 0.303 e. The van der Waals surface area contributed by atoms with E-state index >= 15 is 0 Å². The molecule has 5 heteroatoms. The molecule has 0 aliphatic heterocycles. The van der Waals surface area contributed by atoms with Gasteiger partial charge in [0.2, 0.25) is 0 Å². The average molecular weight is 163 g/mol. The molecule has 0 aromatic rings. The molecule has 0 aliphatic rings. The van der Waals surface area contributed by atoms with Crippen molar-refractivity contribution in [2.45, 2.75) is 19.1 Å². The van der Waals surface area contributed by atoms with Gasteiger partial charge in [-0.05, 0) is 6.42 Å². The van der Waals surface area contributed by atoms with Crippen molar-refractivity contribution in [1.29, 1.82) is 0 Å². The number of rotatable bonds is 6. The molecular formula is C6H13NO4. The van der Waals surface area contributed by atoms with Crippen LogP contribution < -0.4 is 5.73 Å². The lowest BCUT2D eigenvalue weighted by Crippen LogP contribution is -2.25. The predicted molar refractivity (Wildman–Crippen MR) is 37.9 cm³/mol. The van der Waals surface area contributed by atoms with Crippen LogP contribution in [0.1, 0.15) is 12.8 Å². The van der Waals surface area contributed by atoms with Crippen LogP contribution in [0.2, 0.25) is 0 Å². The van der Waals surface area contributed by atoms with Crippen molar-refractivity contribution in [3.63, 3.8) is 0 Å². The highest BCUT2D eigenvalue weighted by atomic mass is 16.5. The van der Waals surface area contributed by atoms with Crippen molar-refractivity contribution in [2.24, 2.45) is 5.73 Å². The average Bonchev–Trinajstić information content (AvgIpc) is 1.97.